The van der Waals surface area contributed by atoms with E-state index in [0.29, 0.717) is 27.7 Å². The third kappa shape index (κ3) is 3.90. The van der Waals surface area contributed by atoms with Gasteiger partial charge in [-0.25, -0.2) is 0 Å². The number of aromatic nitrogens is 1. The van der Waals surface area contributed by atoms with E-state index >= 15 is 0 Å². The fourth-order valence-electron chi connectivity index (χ4n) is 3.54. The van der Waals surface area contributed by atoms with Crippen molar-refractivity contribution in [3.05, 3.63) is 94.7 Å². The molecule has 1 saturated heterocycles. The summed E-state index contributed by atoms with van der Waals surface area (Å²) in [6.07, 6.45) is 1.61. The Hall–Kier alpha value is -3.84. The van der Waals surface area contributed by atoms with Crippen molar-refractivity contribution in [3.63, 3.8) is 0 Å². The summed E-state index contributed by atoms with van der Waals surface area (Å²) in [5.74, 6) is -0.804. The number of amides is 1. The summed E-state index contributed by atoms with van der Waals surface area (Å²) >= 11 is 5.95. The smallest absolute Gasteiger partial charge is 0.301 e. The molecule has 1 atom stereocenters. The van der Waals surface area contributed by atoms with Gasteiger partial charge >= 0.3 is 5.91 Å². The van der Waals surface area contributed by atoms with Crippen molar-refractivity contribution in [2.75, 3.05) is 11.5 Å². The average Bonchev–Trinajstić information content (AvgIpc) is 3.33. The summed E-state index contributed by atoms with van der Waals surface area (Å²) in [6, 6.07) is 13.9. The number of hydrogen-bond acceptors (Lipinski definition) is 6. The Bertz CT molecular complexity index is 1230. The number of ketones is 1. The number of aliphatic hydroxyl groups is 1. The predicted octanol–water partition coefficient (Wildman–Crippen LogP) is 4.83. The van der Waals surface area contributed by atoms with Crippen molar-refractivity contribution in [1.29, 1.82) is 0 Å². The minimum absolute atomic E-state index is 0.0705. The molecule has 32 heavy (non-hydrogen) atoms. The van der Waals surface area contributed by atoms with Gasteiger partial charge in [0.1, 0.15) is 23.9 Å². The summed E-state index contributed by atoms with van der Waals surface area (Å²) in [5, 5.41) is 15.5. The largest absolute Gasteiger partial charge is 0.507 e. The second kappa shape index (κ2) is 8.72. The molecule has 2 aromatic carbocycles. The SMILES string of the molecule is C=CCOc1cccc([C@@H]2C(=C(O)c3ccc(Cl)cc3)C(=O)C(=O)N2c2cc(C)on2)c1. The second-order valence-electron chi connectivity index (χ2n) is 7.14. The second-order valence-corrected chi connectivity index (χ2v) is 7.58. The van der Waals surface area contributed by atoms with Crippen molar-refractivity contribution < 1.29 is 24.0 Å². The van der Waals surface area contributed by atoms with E-state index in [0.717, 1.165) is 0 Å². The van der Waals surface area contributed by atoms with E-state index in [1.165, 1.54) is 4.90 Å². The average molecular weight is 451 g/mol. The van der Waals surface area contributed by atoms with Crippen LogP contribution in [0.2, 0.25) is 5.02 Å². The van der Waals surface area contributed by atoms with Gasteiger partial charge in [-0.15, -0.1) is 0 Å². The quantitative estimate of drug-likeness (QED) is 0.250. The zero-order valence-electron chi connectivity index (χ0n) is 17.1. The normalized spacial score (nSPS) is 17.6. The number of carbonyl (C=O) groups excluding carboxylic acids is 2. The molecule has 4 rings (SSSR count). The van der Waals surface area contributed by atoms with Crippen LogP contribution in [0.15, 0.2) is 77.3 Å². The molecular weight excluding hydrogens is 432 g/mol. The molecule has 8 heteroatoms. The summed E-state index contributed by atoms with van der Waals surface area (Å²) in [6.45, 7) is 5.60. The van der Waals surface area contributed by atoms with Crippen molar-refractivity contribution in [2.45, 2.75) is 13.0 Å². The van der Waals surface area contributed by atoms with Crippen molar-refractivity contribution in [2.24, 2.45) is 0 Å². The molecule has 2 heterocycles. The molecule has 162 valence electrons. The molecule has 0 unspecified atom stereocenters. The van der Waals surface area contributed by atoms with Gasteiger partial charge in [0.2, 0.25) is 0 Å². The predicted molar refractivity (Wildman–Crippen MR) is 120 cm³/mol. The molecular formula is C24H19ClN2O5. The number of ether oxygens (including phenoxy) is 1. The van der Waals surface area contributed by atoms with Crippen LogP contribution in [0.25, 0.3) is 5.76 Å². The van der Waals surface area contributed by atoms with Gasteiger partial charge in [-0.1, -0.05) is 41.5 Å². The first-order valence-electron chi connectivity index (χ1n) is 9.74. The zero-order valence-corrected chi connectivity index (χ0v) is 17.9. The number of aryl methyl sites for hydroxylation is 1. The molecule has 3 aromatic rings. The van der Waals surface area contributed by atoms with Gasteiger partial charge in [0.05, 0.1) is 11.6 Å². The lowest BCUT2D eigenvalue weighted by molar-refractivity contribution is -0.132. The van der Waals surface area contributed by atoms with E-state index in [2.05, 4.69) is 11.7 Å². The van der Waals surface area contributed by atoms with Crippen molar-refractivity contribution in [1.82, 2.24) is 5.16 Å². The third-order valence-corrected chi connectivity index (χ3v) is 5.22. The Morgan fingerprint density at radius 2 is 2.00 bits per heavy atom. The van der Waals surface area contributed by atoms with Crippen LogP contribution < -0.4 is 9.64 Å². The van der Waals surface area contributed by atoms with Gasteiger partial charge in [-0.05, 0) is 48.9 Å². The van der Waals surface area contributed by atoms with Gasteiger partial charge in [-0.3, -0.25) is 14.5 Å². The summed E-state index contributed by atoms with van der Waals surface area (Å²) in [7, 11) is 0. The number of benzene rings is 2. The zero-order chi connectivity index (χ0) is 22.8. The Kier molecular flexibility index (Phi) is 5.83. The highest BCUT2D eigenvalue weighted by atomic mass is 35.5. The van der Waals surface area contributed by atoms with Crippen LogP contribution in [0.1, 0.15) is 22.9 Å². The first kappa shape index (κ1) is 21.4. The van der Waals surface area contributed by atoms with Gasteiger partial charge in [0.15, 0.2) is 5.82 Å². The van der Waals surface area contributed by atoms with Gasteiger partial charge in [0, 0.05) is 16.7 Å². The van der Waals surface area contributed by atoms with E-state index in [-0.39, 0.29) is 23.8 Å². The molecule has 1 aliphatic heterocycles. The minimum Gasteiger partial charge on any atom is -0.507 e. The van der Waals surface area contributed by atoms with Crippen LogP contribution in [-0.4, -0.2) is 28.6 Å². The first-order chi connectivity index (χ1) is 15.4. The summed E-state index contributed by atoms with van der Waals surface area (Å²) in [5.41, 5.74) is 0.841. The number of rotatable bonds is 6. The maximum atomic E-state index is 13.1. The highest BCUT2D eigenvalue weighted by Gasteiger charge is 2.48. The highest BCUT2D eigenvalue weighted by Crippen LogP contribution is 2.42. The molecule has 1 N–H and O–H groups in total. The van der Waals surface area contributed by atoms with Crippen molar-refractivity contribution in [3.8, 4) is 5.75 Å². The van der Waals surface area contributed by atoms with Crippen LogP contribution in [0.5, 0.6) is 5.75 Å². The molecule has 0 saturated carbocycles. The fourth-order valence-corrected chi connectivity index (χ4v) is 3.67. The van der Waals surface area contributed by atoms with Gasteiger partial charge in [0.25, 0.3) is 5.78 Å². The third-order valence-electron chi connectivity index (χ3n) is 4.97. The number of hydrogen-bond donors (Lipinski definition) is 1. The van der Waals surface area contributed by atoms with Crippen LogP contribution >= 0.6 is 11.6 Å². The lowest BCUT2D eigenvalue weighted by atomic mass is 9.95. The Morgan fingerprint density at radius 1 is 1.25 bits per heavy atom. The number of carbonyl (C=O) groups is 2. The number of nitrogens with zero attached hydrogens (tertiary/aromatic N) is 2. The first-order valence-corrected chi connectivity index (χ1v) is 10.1. The molecule has 1 aliphatic rings. The molecule has 0 bridgehead atoms. The highest BCUT2D eigenvalue weighted by molar-refractivity contribution is 6.51. The molecule has 1 amide bonds. The van der Waals surface area contributed by atoms with Gasteiger partial charge < -0.3 is 14.4 Å². The lowest BCUT2D eigenvalue weighted by Gasteiger charge is -2.23. The van der Waals surface area contributed by atoms with Crippen molar-refractivity contribution >= 4 is 34.9 Å². The Labute approximate surface area is 189 Å². The summed E-state index contributed by atoms with van der Waals surface area (Å²) in [4.78, 5) is 27.3. The Balaban J connectivity index is 1.90. The van der Waals surface area contributed by atoms with E-state index in [1.807, 2.05) is 0 Å². The standard InChI is InChI=1S/C24H19ClN2O5/c1-3-11-31-18-6-4-5-16(13-18)21-20(22(28)15-7-9-17(25)10-8-15)23(29)24(30)27(21)19-12-14(2)32-26-19/h3-10,12-13,21,28H,1,11H2,2H3/t21-/m1/s1. The van der Waals surface area contributed by atoms with Crippen LogP contribution in [0.3, 0.4) is 0 Å². The molecule has 0 radical (unpaired) electrons. The number of anilines is 1. The number of aliphatic hydroxyl groups excluding tert-OH is 1. The maximum absolute atomic E-state index is 13.1. The van der Waals surface area contributed by atoms with Crippen LogP contribution in [0, 0.1) is 6.92 Å². The molecule has 7 nitrogen and oxygen atoms in total. The molecule has 0 spiro atoms. The minimum atomic E-state index is -0.942. The van der Waals surface area contributed by atoms with E-state index in [4.69, 9.17) is 20.9 Å². The number of Topliss-reactive ketones (excluding diaryl/α,β-unsaturated/α-hetero) is 1. The van der Waals surface area contributed by atoms with Crippen LogP contribution in [0.4, 0.5) is 5.82 Å². The van der Waals surface area contributed by atoms with E-state index in [9.17, 15) is 14.7 Å². The Morgan fingerprint density at radius 3 is 2.66 bits per heavy atom. The van der Waals surface area contributed by atoms with Gasteiger partial charge in [-0.2, -0.15) is 0 Å². The molecule has 1 fully saturated rings. The van der Waals surface area contributed by atoms with Crippen LogP contribution in [-0.2, 0) is 9.59 Å². The van der Waals surface area contributed by atoms with E-state index in [1.54, 1.807) is 67.6 Å². The number of halogens is 1. The topological polar surface area (TPSA) is 92.9 Å². The lowest BCUT2D eigenvalue weighted by Crippen LogP contribution is -2.29. The molecule has 0 aliphatic carbocycles. The monoisotopic (exact) mass is 450 g/mol. The van der Waals surface area contributed by atoms with E-state index < -0.39 is 17.7 Å². The maximum Gasteiger partial charge on any atom is 0.301 e. The molecule has 1 aromatic heterocycles. The fraction of sp³-hybridized carbons (Fsp3) is 0.125. The summed E-state index contributed by atoms with van der Waals surface area (Å²) < 4.78 is 10.7.